The van der Waals surface area contributed by atoms with Gasteiger partial charge in [-0.2, -0.15) is 0 Å². The second-order valence-corrected chi connectivity index (χ2v) is 10.4. The zero-order valence-corrected chi connectivity index (χ0v) is 18.5. The summed E-state index contributed by atoms with van der Waals surface area (Å²) >= 11 is 6.02. The van der Waals surface area contributed by atoms with Gasteiger partial charge in [-0.3, -0.25) is 4.79 Å². The topological polar surface area (TPSA) is 67.8 Å². The summed E-state index contributed by atoms with van der Waals surface area (Å²) in [6, 6.07) is 8.71. The maximum Gasteiger partial charge on any atom is 0.236 e. The van der Waals surface area contributed by atoms with Gasteiger partial charge in [0.1, 0.15) is 0 Å². The van der Waals surface area contributed by atoms with Gasteiger partial charge in [0.25, 0.3) is 0 Å². The van der Waals surface area contributed by atoms with Crippen LogP contribution >= 0.6 is 46.2 Å². The molecule has 142 valence electrons. The van der Waals surface area contributed by atoms with Crippen molar-refractivity contribution in [3.63, 3.8) is 0 Å². The summed E-state index contributed by atoms with van der Waals surface area (Å²) in [5.41, 5.74) is 3.53. The van der Waals surface area contributed by atoms with Crippen LogP contribution in [-0.2, 0) is 10.5 Å². The van der Waals surface area contributed by atoms with E-state index < -0.39 is 0 Å². The summed E-state index contributed by atoms with van der Waals surface area (Å²) < 4.78 is 1.72. The molecule has 27 heavy (non-hydrogen) atoms. The molecule has 0 saturated heterocycles. The highest BCUT2D eigenvalue weighted by Gasteiger charge is 2.10. The third-order valence-corrected chi connectivity index (χ3v) is 7.73. The van der Waals surface area contributed by atoms with Crippen LogP contribution in [0.3, 0.4) is 0 Å². The average molecular weight is 437 g/mol. The molecule has 0 spiro atoms. The second kappa shape index (κ2) is 9.68. The molecule has 3 aromatic rings. The molecular weight excluding hydrogens is 416 g/mol. The minimum atomic E-state index is -0.0796. The van der Waals surface area contributed by atoms with E-state index in [1.165, 1.54) is 45.6 Å². The number of thiazole rings is 1. The van der Waals surface area contributed by atoms with Gasteiger partial charge in [0.05, 0.1) is 11.4 Å². The van der Waals surface area contributed by atoms with Crippen molar-refractivity contribution in [2.75, 3.05) is 11.1 Å². The van der Waals surface area contributed by atoms with Crippen molar-refractivity contribution in [3.05, 3.63) is 46.5 Å². The van der Waals surface area contributed by atoms with Crippen LogP contribution in [0.5, 0.6) is 0 Å². The Labute approximate surface area is 175 Å². The smallest absolute Gasteiger partial charge is 0.236 e. The van der Waals surface area contributed by atoms with E-state index in [1.54, 1.807) is 11.8 Å². The number of carbonyl (C=O) groups is 1. The summed E-state index contributed by atoms with van der Waals surface area (Å²) in [4.78, 5) is 16.2. The molecule has 1 amide bonds. The fraction of sp³-hybridized carbons (Fsp3) is 0.333. The van der Waals surface area contributed by atoms with Gasteiger partial charge < -0.3 is 5.32 Å². The minimum Gasteiger partial charge on any atom is -0.301 e. The van der Waals surface area contributed by atoms with E-state index in [-0.39, 0.29) is 5.91 Å². The first kappa shape index (κ1) is 20.3. The quantitative estimate of drug-likeness (QED) is 0.474. The van der Waals surface area contributed by atoms with E-state index in [0.717, 1.165) is 20.1 Å². The van der Waals surface area contributed by atoms with E-state index in [2.05, 4.69) is 58.6 Å². The molecule has 1 N–H and O–H groups in total. The van der Waals surface area contributed by atoms with E-state index in [1.807, 2.05) is 12.3 Å². The Morgan fingerprint density at radius 2 is 1.85 bits per heavy atom. The highest BCUT2D eigenvalue weighted by Crippen LogP contribution is 2.31. The summed E-state index contributed by atoms with van der Waals surface area (Å²) in [5.74, 6) is 1.63. The summed E-state index contributed by atoms with van der Waals surface area (Å²) in [6.45, 7) is 6.30. The maximum atomic E-state index is 12.0. The molecule has 9 heteroatoms. The molecule has 0 atom stereocenters. The first-order chi connectivity index (χ1) is 13.0. The van der Waals surface area contributed by atoms with Crippen molar-refractivity contribution >= 4 is 57.2 Å². The highest BCUT2D eigenvalue weighted by atomic mass is 32.2. The molecule has 0 radical (unpaired) electrons. The van der Waals surface area contributed by atoms with E-state index in [9.17, 15) is 4.79 Å². The lowest BCUT2D eigenvalue weighted by Crippen LogP contribution is -2.13. The van der Waals surface area contributed by atoms with Crippen LogP contribution in [-0.4, -0.2) is 26.8 Å². The van der Waals surface area contributed by atoms with Crippen molar-refractivity contribution in [2.45, 2.75) is 41.1 Å². The third kappa shape index (κ3) is 6.31. The normalized spacial score (nSPS) is 11.1. The number of nitrogens with one attached hydrogen (secondary N) is 1. The van der Waals surface area contributed by atoms with E-state index in [4.69, 9.17) is 0 Å². The number of carbonyl (C=O) groups excluding carboxylic acids is 1. The molecule has 2 heterocycles. The number of hydrogen-bond donors (Lipinski definition) is 1. The Kier molecular flexibility index (Phi) is 7.28. The first-order valence-electron chi connectivity index (χ1n) is 8.39. The predicted octanol–water partition coefficient (Wildman–Crippen LogP) is 5.45. The molecule has 0 bridgehead atoms. The number of nitrogens with zero attached hydrogens (tertiary/aromatic N) is 3. The fourth-order valence-electron chi connectivity index (χ4n) is 2.15. The van der Waals surface area contributed by atoms with Crippen molar-refractivity contribution in [3.8, 4) is 0 Å². The van der Waals surface area contributed by atoms with Crippen LogP contribution in [0.15, 0.2) is 38.3 Å². The van der Waals surface area contributed by atoms with Crippen LogP contribution in [0.2, 0.25) is 0 Å². The van der Waals surface area contributed by atoms with Crippen molar-refractivity contribution in [2.24, 2.45) is 0 Å². The molecule has 2 aromatic heterocycles. The van der Waals surface area contributed by atoms with Gasteiger partial charge >= 0.3 is 0 Å². The highest BCUT2D eigenvalue weighted by molar-refractivity contribution is 8.03. The Balaban J connectivity index is 1.44. The Bertz CT molecular complexity index is 889. The van der Waals surface area contributed by atoms with Gasteiger partial charge in [-0.15, -0.1) is 21.5 Å². The number of amides is 1. The standard InChI is InChI=1S/C18H20N4OS4/c1-11(2)14-6-4-13(5-7-14)9-25-17-21-22-18(27-17)26-10-15(23)20-16-19-12(3)8-24-16/h4-8,11H,9-10H2,1-3H3,(H,19,20,23). The molecular formula is C18H20N4OS4. The number of rotatable bonds is 8. The fourth-order valence-corrected chi connectivity index (χ4v) is 5.63. The molecule has 0 aliphatic heterocycles. The summed E-state index contributed by atoms with van der Waals surface area (Å²) in [5, 5.41) is 13.7. The Morgan fingerprint density at radius 1 is 1.15 bits per heavy atom. The first-order valence-corrected chi connectivity index (χ1v) is 12.1. The predicted molar refractivity (Wildman–Crippen MR) is 116 cm³/mol. The van der Waals surface area contributed by atoms with Crippen LogP contribution in [0.1, 0.15) is 36.6 Å². The van der Waals surface area contributed by atoms with Crippen LogP contribution < -0.4 is 5.32 Å². The maximum absolute atomic E-state index is 12.0. The molecule has 0 aliphatic rings. The lowest BCUT2D eigenvalue weighted by atomic mass is 10.0. The number of aromatic nitrogens is 3. The molecule has 1 aromatic carbocycles. The summed E-state index contributed by atoms with van der Waals surface area (Å²) in [6.07, 6.45) is 0. The zero-order valence-electron chi connectivity index (χ0n) is 15.3. The Hall–Kier alpha value is -1.42. The van der Waals surface area contributed by atoms with Crippen molar-refractivity contribution in [1.29, 1.82) is 0 Å². The number of aryl methyl sites for hydroxylation is 1. The number of benzene rings is 1. The molecule has 0 aliphatic carbocycles. The van der Waals surface area contributed by atoms with Gasteiger partial charge in [-0.1, -0.05) is 73.0 Å². The number of anilines is 1. The van der Waals surface area contributed by atoms with E-state index >= 15 is 0 Å². The van der Waals surface area contributed by atoms with Gasteiger partial charge in [-0.05, 0) is 24.0 Å². The monoisotopic (exact) mass is 436 g/mol. The molecule has 5 nitrogen and oxygen atoms in total. The van der Waals surface area contributed by atoms with Gasteiger partial charge in [0.15, 0.2) is 13.8 Å². The summed E-state index contributed by atoms with van der Waals surface area (Å²) in [7, 11) is 0. The number of hydrogen-bond acceptors (Lipinski definition) is 8. The van der Waals surface area contributed by atoms with E-state index in [0.29, 0.717) is 16.8 Å². The average Bonchev–Trinajstić information content (AvgIpc) is 3.27. The largest absolute Gasteiger partial charge is 0.301 e. The van der Waals surface area contributed by atoms with Crippen LogP contribution in [0.25, 0.3) is 0 Å². The number of thioether (sulfide) groups is 2. The molecule has 0 saturated carbocycles. The van der Waals surface area contributed by atoms with Crippen molar-refractivity contribution < 1.29 is 4.79 Å². The Morgan fingerprint density at radius 3 is 2.48 bits per heavy atom. The van der Waals surface area contributed by atoms with Gasteiger partial charge in [0, 0.05) is 11.1 Å². The molecule has 3 rings (SSSR count). The van der Waals surface area contributed by atoms with Crippen LogP contribution in [0, 0.1) is 6.92 Å². The van der Waals surface area contributed by atoms with Crippen molar-refractivity contribution in [1.82, 2.24) is 15.2 Å². The van der Waals surface area contributed by atoms with Gasteiger partial charge in [-0.25, -0.2) is 4.98 Å². The second-order valence-electron chi connectivity index (χ2n) is 6.15. The SMILES string of the molecule is Cc1csc(NC(=O)CSc2nnc(SCc3ccc(C(C)C)cc3)s2)n1. The molecule has 0 unspecified atom stereocenters. The zero-order chi connectivity index (χ0) is 19.2. The lowest BCUT2D eigenvalue weighted by molar-refractivity contribution is -0.113. The van der Waals surface area contributed by atoms with Gasteiger partial charge in [0.2, 0.25) is 5.91 Å². The van der Waals surface area contributed by atoms with Crippen LogP contribution in [0.4, 0.5) is 5.13 Å². The minimum absolute atomic E-state index is 0.0796. The lowest BCUT2D eigenvalue weighted by Gasteiger charge is -2.05. The molecule has 0 fully saturated rings. The third-order valence-electron chi connectivity index (χ3n) is 3.59.